The van der Waals surface area contributed by atoms with Gasteiger partial charge in [0.2, 0.25) is 5.91 Å². The van der Waals surface area contributed by atoms with Gasteiger partial charge in [0.1, 0.15) is 11.6 Å². The van der Waals surface area contributed by atoms with Crippen LogP contribution in [0, 0.1) is 5.82 Å². The highest BCUT2D eigenvalue weighted by Gasteiger charge is 2.13. The van der Waals surface area contributed by atoms with E-state index in [0.29, 0.717) is 25.8 Å². The quantitative estimate of drug-likeness (QED) is 0.375. The molecule has 0 radical (unpaired) electrons. The fourth-order valence-corrected chi connectivity index (χ4v) is 4.14. The van der Waals surface area contributed by atoms with E-state index >= 15 is 0 Å². The van der Waals surface area contributed by atoms with E-state index in [2.05, 4.69) is 53.8 Å². The molecule has 2 aromatic carbocycles. The fourth-order valence-electron chi connectivity index (χ4n) is 4.14. The molecule has 1 aromatic heterocycles. The van der Waals surface area contributed by atoms with Crippen molar-refractivity contribution in [1.29, 1.82) is 0 Å². The van der Waals surface area contributed by atoms with Gasteiger partial charge in [-0.3, -0.25) is 9.69 Å². The lowest BCUT2D eigenvalue weighted by molar-refractivity contribution is -0.121. The van der Waals surface area contributed by atoms with Crippen LogP contribution < -0.4 is 5.32 Å². The Kier molecular flexibility index (Phi) is 9.43. The maximum atomic E-state index is 13.3. The van der Waals surface area contributed by atoms with Crippen LogP contribution in [-0.4, -0.2) is 33.4 Å². The topological polar surface area (TPSA) is 50.2 Å². The van der Waals surface area contributed by atoms with Crippen molar-refractivity contribution < 1.29 is 9.18 Å². The summed E-state index contributed by atoms with van der Waals surface area (Å²) in [5.74, 6) is 0.669. The molecule has 5 nitrogen and oxygen atoms in total. The average Bonchev–Trinajstić information content (AvgIpc) is 3.16. The number of imidazole rings is 1. The number of fused-ring (bicyclic) bond motifs is 1. The van der Waals surface area contributed by atoms with E-state index < -0.39 is 0 Å². The maximum absolute atomic E-state index is 13.3. The number of aromatic nitrogens is 2. The summed E-state index contributed by atoms with van der Waals surface area (Å²) in [7, 11) is 0. The lowest BCUT2D eigenvalue weighted by Gasteiger charge is -2.17. The molecule has 0 atom stereocenters. The Balaban J connectivity index is 1.64. The summed E-state index contributed by atoms with van der Waals surface area (Å²) >= 11 is 0. The molecular formula is C27H37FN4O. The Morgan fingerprint density at radius 2 is 1.88 bits per heavy atom. The minimum Gasteiger partial charge on any atom is -0.349 e. The predicted octanol–water partition coefficient (Wildman–Crippen LogP) is 5.46. The molecule has 3 aromatic rings. The molecule has 6 heteroatoms. The Hall–Kier alpha value is -2.73. The number of nitrogens with zero attached hydrogens (tertiary/aromatic N) is 3. The zero-order valence-electron chi connectivity index (χ0n) is 20.2. The molecule has 1 heterocycles. The van der Waals surface area contributed by atoms with Gasteiger partial charge in [0, 0.05) is 19.5 Å². The van der Waals surface area contributed by atoms with Crippen LogP contribution in [0.2, 0.25) is 0 Å². The van der Waals surface area contributed by atoms with Gasteiger partial charge in [0.05, 0.1) is 17.6 Å². The van der Waals surface area contributed by atoms with Crippen LogP contribution in [0.3, 0.4) is 0 Å². The van der Waals surface area contributed by atoms with Crippen molar-refractivity contribution in [3.63, 3.8) is 0 Å². The van der Waals surface area contributed by atoms with E-state index in [1.807, 2.05) is 6.07 Å². The summed E-state index contributed by atoms with van der Waals surface area (Å²) < 4.78 is 15.6. The molecule has 0 fully saturated rings. The van der Waals surface area contributed by atoms with Crippen molar-refractivity contribution in [1.82, 2.24) is 19.8 Å². The van der Waals surface area contributed by atoms with Crippen molar-refractivity contribution in [2.45, 2.75) is 72.5 Å². The largest absolute Gasteiger partial charge is 0.349 e. The highest BCUT2D eigenvalue weighted by molar-refractivity contribution is 5.78. The van der Waals surface area contributed by atoms with E-state index in [9.17, 15) is 9.18 Å². The number of benzene rings is 2. The second-order valence-electron chi connectivity index (χ2n) is 8.58. The molecule has 0 aliphatic rings. The standard InChI is InChI=1S/C27H37FN4O/c1-4-7-16-32-25-15-14-22(20-31(5-2)6-3)18-24(25)30-26(32)19-29-27(33)13-9-11-21-10-8-12-23(28)17-21/h8,10,12,14-15,17-18H,4-7,9,11,13,16,19-20H2,1-3H3,(H,29,33). The highest BCUT2D eigenvalue weighted by atomic mass is 19.1. The van der Waals surface area contributed by atoms with Gasteiger partial charge >= 0.3 is 0 Å². The molecule has 33 heavy (non-hydrogen) atoms. The summed E-state index contributed by atoms with van der Waals surface area (Å²) in [6.45, 7) is 10.8. The van der Waals surface area contributed by atoms with E-state index in [1.165, 1.54) is 17.7 Å². The second-order valence-corrected chi connectivity index (χ2v) is 8.58. The van der Waals surface area contributed by atoms with Gasteiger partial charge in [0.25, 0.3) is 0 Å². The normalized spacial score (nSPS) is 11.4. The zero-order valence-corrected chi connectivity index (χ0v) is 20.2. The van der Waals surface area contributed by atoms with Crippen LogP contribution in [0.1, 0.15) is 63.4 Å². The highest BCUT2D eigenvalue weighted by Crippen LogP contribution is 2.20. The summed E-state index contributed by atoms with van der Waals surface area (Å²) in [4.78, 5) is 19.7. The minimum absolute atomic E-state index is 0.00252. The smallest absolute Gasteiger partial charge is 0.220 e. The second kappa shape index (κ2) is 12.5. The molecule has 0 bridgehead atoms. The van der Waals surface area contributed by atoms with E-state index in [-0.39, 0.29) is 11.7 Å². The molecule has 178 valence electrons. The van der Waals surface area contributed by atoms with Crippen LogP contribution in [0.4, 0.5) is 4.39 Å². The summed E-state index contributed by atoms with van der Waals surface area (Å²) in [5.41, 5.74) is 4.30. The molecule has 1 N–H and O–H groups in total. The number of unbranched alkanes of at least 4 members (excludes halogenated alkanes) is 1. The van der Waals surface area contributed by atoms with Crippen LogP contribution in [0.5, 0.6) is 0 Å². The number of halogens is 1. The predicted molar refractivity (Wildman–Crippen MR) is 132 cm³/mol. The zero-order chi connectivity index (χ0) is 23.6. The molecule has 3 rings (SSSR count). The van der Waals surface area contributed by atoms with Gasteiger partial charge in [0.15, 0.2) is 0 Å². The van der Waals surface area contributed by atoms with Crippen molar-refractivity contribution in [2.75, 3.05) is 13.1 Å². The summed E-state index contributed by atoms with van der Waals surface area (Å²) in [6, 6.07) is 13.1. The fraction of sp³-hybridized carbons (Fsp3) is 0.481. The van der Waals surface area contributed by atoms with Gasteiger partial charge in [-0.2, -0.15) is 0 Å². The Morgan fingerprint density at radius 3 is 2.61 bits per heavy atom. The molecule has 0 saturated heterocycles. The van der Waals surface area contributed by atoms with Crippen LogP contribution in [-0.2, 0) is 30.8 Å². The molecule has 0 spiro atoms. The average molecular weight is 453 g/mol. The van der Waals surface area contributed by atoms with E-state index in [0.717, 1.165) is 61.4 Å². The minimum atomic E-state index is -0.233. The number of carbonyl (C=O) groups is 1. The monoisotopic (exact) mass is 452 g/mol. The number of rotatable bonds is 13. The van der Waals surface area contributed by atoms with Crippen LogP contribution in [0.25, 0.3) is 11.0 Å². The summed E-state index contributed by atoms with van der Waals surface area (Å²) in [6.07, 6.45) is 3.97. The van der Waals surface area contributed by atoms with Crippen LogP contribution >= 0.6 is 0 Å². The van der Waals surface area contributed by atoms with E-state index in [4.69, 9.17) is 4.98 Å². The molecule has 0 saturated carbocycles. The third-order valence-electron chi connectivity index (χ3n) is 6.13. The first-order valence-corrected chi connectivity index (χ1v) is 12.3. The van der Waals surface area contributed by atoms with Gasteiger partial charge in [-0.05, 0) is 67.7 Å². The third-order valence-corrected chi connectivity index (χ3v) is 6.13. The maximum Gasteiger partial charge on any atom is 0.220 e. The Labute approximate surface area is 197 Å². The van der Waals surface area contributed by atoms with Gasteiger partial charge < -0.3 is 9.88 Å². The number of hydrogen-bond acceptors (Lipinski definition) is 3. The number of hydrogen-bond donors (Lipinski definition) is 1. The molecule has 0 unspecified atom stereocenters. The van der Waals surface area contributed by atoms with E-state index in [1.54, 1.807) is 6.07 Å². The van der Waals surface area contributed by atoms with Gasteiger partial charge in [-0.1, -0.05) is 45.4 Å². The Bertz CT molecular complexity index is 1040. The SMILES string of the molecule is CCCCn1c(CNC(=O)CCCc2cccc(F)c2)nc2cc(CN(CC)CC)ccc21. The van der Waals surface area contributed by atoms with Crippen molar-refractivity contribution >= 4 is 16.9 Å². The lowest BCUT2D eigenvalue weighted by Crippen LogP contribution is -2.24. The third kappa shape index (κ3) is 7.13. The number of aryl methyl sites for hydroxylation is 2. The summed E-state index contributed by atoms with van der Waals surface area (Å²) in [5, 5.41) is 3.03. The van der Waals surface area contributed by atoms with Gasteiger partial charge in [-0.15, -0.1) is 0 Å². The lowest BCUT2D eigenvalue weighted by atomic mass is 10.1. The number of amides is 1. The Morgan fingerprint density at radius 1 is 1.06 bits per heavy atom. The number of nitrogens with one attached hydrogen (secondary N) is 1. The van der Waals surface area contributed by atoms with Crippen molar-refractivity contribution in [3.05, 3.63) is 65.2 Å². The van der Waals surface area contributed by atoms with Crippen LogP contribution in [0.15, 0.2) is 42.5 Å². The molecule has 0 aliphatic heterocycles. The van der Waals surface area contributed by atoms with Crippen molar-refractivity contribution in [2.24, 2.45) is 0 Å². The number of carbonyl (C=O) groups excluding carboxylic acids is 1. The molecule has 1 amide bonds. The first-order valence-electron chi connectivity index (χ1n) is 12.3. The van der Waals surface area contributed by atoms with Crippen molar-refractivity contribution in [3.8, 4) is 0 Å². The molecular weight excluding hydrogens is 415 g/mol. The molecule has 0 aliphatic carbocycles. The first kappa shape index (κ1) is 24.9. The first-order chi connectivity index (χ1) is 16.0. The van der Waals surface area contributed by atoms with Gasteiger partial charge in [-0.25, -0.2) is 9.37 Å².